The average molecular weight is 118 g/mol. The van der Waals surface area contributed by atoms with Crippen molar-refractivity contribution >= 4 is 28.8 Å². The smallest absolute Gasteiger partial charge is 0.171 e. The second-order valence-corrected chi connectivity index (χ2v) is 1.11. The molecule has 0 aromatic carbocycles. The van der Waals surface area contributed by atoms with Gasteiger partial charge in [0.25, 0.3) is 0 Å². The fourth-order valence-corrected chi connectivity index (χ4v) is 0.0685. The molecule has 6 heavy (non-hydrogen) atoms. The second-order valence-electron chi connectivity index (χ2n) is 0.528. The first-order valence-corrected chi connectivity index (χ1v) is 1.90. The van der Waals surface area contributed by atoms with Crippen molar-refractivity contribution in [1.29, 1.82) is 5.26 Å². The molecular weight excluding hydrogens is 118 g/mol. The first kappa shape index (κ1) is 5.65. The molecule has 3 heteroatoms. The first-order chi connectivity index (χ1) is 2.81. The van der Waals surface area contributed by atoms with Gasteiger partial charge < -0.3 is 0 Å². The Bertz CT molecular complexity index is 128. The fraction of sp³-hybridized carbons (Fsp3) is 0. The lowest BCUT2D eigenvalue weighted by atomic mass is 10.7. The van der Waals surface area contributed by atoms with Crippen LogP contribution in [0.3, 0.4) is 0 Å². The molecule has 0 heterocycles. The zero-order valence-electron chi connectivity index (χ0n) is 2.73. The minimum atomic E-state index is -0.0648. The number of nitriles is 1. The highest BCUT2D eigenvalue weighted by atomic mass is 35.5. The van der Waals surface area contributed by atoms with Gasteiger partial charge in [-0.2, -0.15) is 5.26 Å². The van der Waals surface area contributed by atoms with Crippen LogP contribution in [0.4, 0.5) is 0 Å². The van der Waals surface area contributed by atoms with Crippen molar-refractivity contribution < 1.29 is 0 Å². The summed E-state index contributed by atoms with van der Waals surface area (Å²) in [5, 5.41) is 9.74. The van der Waals surface area contributed by atoms with Gasteiger partial charge in [0.2, 0.25) is 0 Å². The molecule has 0 radical (unpaired) electrons. The number of hydrogen-bond donors (Lipinski definition) is 0. The Balaban J connectivity index is 3.99. The third kappa shape index (κ3) is 1.92. The van der Waals surface area contributed by atoms with E-state index in [1.165, 1.54) is 0 Å². The Morgan fingerprint density at radius 2 is 2.33 bits per heavy atom. The molecule has 0 unspecified atom stereocenters. The zero-order valence-corrected chi connectivity index (χ0v) is 4.31. The Kier molecular flexibility index (Phi) is 2.70. The predicted molar refractivity (Wildman–Crippen MR) is 27.6 cm³/mol. The van der Waals surface area contributed by atoms with Gasteiger partial charge in [-0.1, -0.05) is 11.6 Å². The number of allylic oxidation sites excluding steroid dienone is 1. The van der Waals surface area contributed by atoms with E-state index in [1.54, 1.807) is 6.07 Å². The summed E-state index contributed by atoms with van der Waals surface area (Å²) in [5.41, 5.74) is 0. The molecule has 0 aliphatic carbocycles. The van der Waals surface area contributed by atoms with Crippen LogP contribution in [0.1, 0.15) is 0 Å². The van der Waals surface area contributed by atoms with Crippen molar-refractivity contribution in [3.05, 3.63) is 5.03 Å². The van der Waals surface area contributed by atoms with Gasteiger partial charge in [-0.25, -0.2) is 0 Å². The number of halogens is 1. The van der Waals surface area contributed by atoms with Crippen LogP contribution in [-0.2, 0) is 0 Å². The topological polar surface area (TPSA) is 23.8 Å². The van der Waals surface area contributed by atoms with E-state index in [9.17, 15) is 0 Å². The van der Waals surface area contributed by atoms with Gasteiger partial charge in [0.15, 0.2) is 5.03 Å². The van der Waals surface area contributed by atoms with E-state index < -0.39 is 0 Å². The van der Waals surface area contributed by atoms with Crippen molar-refractivity contribution in [2.75, 3.05) is 0 Å². The van der Waals surface area contributed by atoms with Crippen molar-refractivity contribution in [1.82, 2.24) is 0 Å². The lowest BCUT2D eigenvalue weighted by Gasteiger charge is -1.58. The van der Waals surface area contributed by atoms with Gasteiger partial charge in [-0.15, -0.1) is 0 Å². The van der Waals surface area contributed by atoms with Gasteiger partial charge in [-0.3, -0.25) is 0 Å². The SMILES string of the molecule is N#CC(Cl)=C=S. The predicted octanol–water partition coefficient (Wildman–Crippen LogP) is 1.23. The Morgan fingerprint density at radius 3 is 2.33 bits per heavy atom. The maximum atomic E-state index is 7.79. The number of nitrogens with zero attached hydrogens (tertiary/aromatic N) is 1. The average Bonchev–Trinajstić information content (AvgIpc) is 1.65. The molecule has 0 spiro atoms. The van der Waals surface area contributed by atoms with Gasteiger partial charge >= 0.3 is 0 Å². The maximum absolute atomic E-state index is 7.79. The third-order valence-electron chi connectivity index (χ3n) is 0.188. The minimum Gasteiger partial charge on any atom is -0.191 e. The highest BCUT2D eigenvalue weighted by Gasteiger charge is 1.75. The standard InChI is InChI=1S/C3ClNS/c4-3(1-5)2-6. The van der Waals surface area contributed by atoms with E-state index in [2.05, 4.69) is 12.2 Å². The lowest BCUT2D eigenvalue weighted by Crippen LogP contribution is -1.54. The van der Waals surface area contributed by atoms with Crippen LogP contribution in [0.2, 0.25) is 0 Å². The van der Waals surface area contributed by atoms with E-state index in [4.69, 9.17) is 16.9 Å². The van der Waals surface area contributed by atoms with E-state index in [-0.39, 0.29) is 5.03 Å². The van der Waals surface area contributed by atoms with Crippen molar-refractivity contribution in [3.63, 3.8) is 0 Å². The van der Waals surface area contributed by atoms with Crippen LogP contribution in [-0.4, -0.2) is 5.02 Å². The summed E-state index contributed by atoms with van der Waals surface area (Å²) < 4.78 is 0. The lowest BCUT2D eigenvalue weighted by molar-refractivity contribution is 1.53. The summed E-state index contributed by atoms with van der Waals surface area (Å²) >= 11 is 9.12. The summed E-state index contributed by atoms with van der Waals surface area (Å²) in [5.74, 6) is 0. The molecule has 0 aliphatic heterocycles. The molecule has 0 amide bonds. The molecule has 0 aromatic heterocycles. The summed E-state index contributed by atoms with van der Waals surface area (Å²) in [6.07, 6.45) is 0. The quantitative estimate of drug-likeness (QED) is 0.352. The maximum Gasteiger partial charge on any atom is 0.171 e. The van der Waals surface area contributed by atoms with Gasteiger partial charge in [0.1, 0.15) is 6.07 Å². The van der Waals surface area contributed by atoms with Crippen LogP contribution in [0.25, 0.3) is 0 Å². The van der Waals surface area contributed by atoms with Crippen molar-refractivity contribution in [2.24, 2.45) is 0 Å². The van der Waals surface area contributed by atoms with Crippen LogP contribution in [0.5, 0.6) is 0 Å². The molecule has 0 N–H and O–H groups in total. The van der Waals surface area contributed by atoms with Crippen LogP contribution >= 0.6 is 23.8 Å². The largest absolute Gasteiger partial charge is 0.191 e. The van der Waals surface area contributed by atoms with Crippen molar-refractivity contribution in [2.45, 2.75) is 0 Å². The van der Waals surface area contributed by atoms with E-state index in [0.29, 0.717) is 0 Å². The zero-order chi connectivity index (χ0) is 4.99. The van der Waals surface area contributed by atoms with Crippen LogP contribution in [0, 0.1) is 11.3 Å². The van der Waals surface area contributed by atoms with E-state index in [1.807, 2.05) is 5.02 Å². The summed E-state index contributed by atoms with van der Waals surface area (Å²) in [6.45, 7) is 0. The molecule has 0 rings (SSSR count). The van der Waals surface area contributed by atoms with Gasteiger partial charge in [0, 0.05) is 0 Å². The molecule has 0 aromatic rings. The van der Waals surface area contributed by atoms with E-state index >= 15 is 0 Å². The number of hydrogen-bond acceptors (Lipinski definition) is 2. The molecule has 0 aliphatic rings. The third-order valence-corrected chi connectivity index (χ3v) is 0.683. The van der Waals surface area contributed by atoms with Crippen LogP contribution in [0.15, 0.2) is 5.03 Å². The summed E-state index contributed by atoms with van der Waals surface area (Å²) in [6, 6.07) is 1.58. The van der Waals surface area contributed by atoms with E-state index in [0.717, 1.165) is 0 Å². The van der Waals surface area contributed by atoms with Gasteiger partial charge in [0.05, 0.1) is 0 Å². The molecule has 0 bridgehead atoms. The number of thiocarbonyl (C=S) groups is 1. The number of rotatable bonds is 0. The Labute approximate surface area is 45.8 Å². The fourth-order valence-electron chi connectivity index (χ4n) is 0.0228. The monoisotopic (exact) mass is 117 g/mol. The Morgan fingerprint density at radius 1 is 1.83 bits per heavy atom. The highest BCUT2D eigenvalue weighted by Crippen LogP contribution is 1.88. The molecule has 30 valence electrons. The van der Waals surface area contributed by atoms with Crippen molar-refractivity contribution in [3.8, 4) is 6.07 Å². The first-order valence-electron chi connectivity index (χ1n) is 1.12. The van der Waals surface area contributed by atoms with Crippen LogP contribution < -0.4 is 0 Å². The normalized spacial score (nSPS) is 5.33. The molecule has 0 fully saturated rings. The molecule has 0 atom stereocenters. The molecule has 0 saturated carbocycles. The molecular formula is C3ClNS. The summed E-state index contributed by atoms with van der Waals surface area (Å²) in [4.78, 5) is 0. The highest BCUT2D eigenvalue weighted by molar-refractivity contribution is 7.78. The minimum absolute atomic E-state index is 0.0648. The summed E-state index contributed by atoms with van der Waals surface area (Å²) in [7, 11) is 0. The second kappa shape index (κ2) is 2.87. The molecule has 1 nitrogen and oxygen atoms in total. The van der Waals surface area contributed by atoms with Gasteiger partial charge in [-0.05, 0) is 17.2 Å². The Hall–Kier alpha value is -0.350. The molecule has 0 saturated heterocycles.